The van der Waals surface area contributed by atoms with Crippen molar-refractivity contribution in [3.05, 3.63) is 76.1 Å². The number of rotatable bonds is 11. The van der Waals surface area contributed by atoms with Crippen LogP contribution in [0, 0.1) is 28.6 Å². The number of nitrogens with zero attached hydrogens (tertiary/aromatic N) is 7. The zero-order valence-electron chi connectivity index (χ0n) is 36.0. The van der Waals surface area contributed by atoms with Crippen molar-refractivity contribution in [3.8, 4) is 17.6 Å². The molecule has 8 fully saturated rings. The van der Waals surface area contributed by atoms with Crippen LogP contribution < -0.4 is 14.4 Å². The summed E-state index contributed by atoms with van der Waals surface area (Å²) in [5.74, 6) is 3.53. The summed E-state index contributed by atoms with van der Waals surface area (Å²) in [4.78, 5) is 32.7. The molecular weight excluding hydrogens is 797 g/mol. The van der Waals surface area contributed by atoms with Crippen LogP contribution in [-0.4, -0.2) is 107 Å². The first kappa shape index (κ1) is 42.9. The molecule has 8 saturated heterocycles. The van der Waals surface area contributed by atoms with Crippen molar-refractivity contribution in [2.45, 2.75) is 109 Å². The Morgan fingerprint density at radius 1 is 0.917 bits per heavy atom. The number of carbonyl (C=O) groups is 1. The van der Waals surface area contributed by atoms with Gasteiger partial charge in [-0.05, 0) is 132 Å². The van der Waals surface area contributed by atoms with Gasteiger partial charge in [0.25, 0.3) is 0 Å². The zero-order valence-corrected chi connectivity index (χ0v) is 37.5. The second-order valence-corrected chi connectivity index (χ2v) is 20.0. The van der Waals surface area contributed by atoms with Crippen LogP contribution in [0.5, 0.6) is 11.5 Å². The van der Waals surface area contributed by atoms with E-state index < -0.39 is 11.0 Å². The van der Waals surface area contributed by atoms with E-state index in [1.165, 1.54) is 32.1 Å². The molecule has 1 spiro atoms. The van der Waals surface area contributed by atoms with E-state index in [4.69, 9.17) is 47.4 Å². The molecule has 11 rings (SSSR count). The molecule has 322 valence electrons. The standard InChI is InChI=1S/C47H61Cl2N7O4/c1-45(2,3)60-44(57)55-19-11-32(12-20-55)26-40-53-21-13-33(14-22-53)42-47(15-23-54(40)24-16-47)31-56(42)43-51-18-10-37(52-43)30-59-38-8-6-35(7-9-38)46(4,5)36-27-34(29-50)41(39(49)28-36)58-25-17-48/h6-10,18,27-28,32-33,40,42H,11-17,19-26,30-31H2,1-5H3. The molecule has 13 heteroatoms. The number of carbonyl (C=O) groups excluding carboxylic acids is 1. The quantitative estimate of drug-likeness (QED) is 0.174. The van der Waals surface area contributed by atoms with Gasteiger partial charge in [-0.2, -0.15) is 5.26 Å². The van der Waals surface area contributed by atoms with Gasteiger partial charge in [-0.15, -0.1) is 11.6 Å². The van der Waals surface area contributed by atoms with Gasteiger partial charge in [0.2, 0.25) is 5.95 Å². The van der Waals surface area contributed by atoms with E-state index in [0.29, 0.717) is 58.3 Å². The lowest BCUT2D eigenvalue weighted by Gasteiger charge is -2.65. The normalized spacial score (nSPS) is 26.8. The number of nitriles is 1. The lowest BCUT2D eigenvalue weighted by Crippen LogP contribution is -2.73. The SMILES string of the molecule is CC(C)(C)OC(=O)N1CCC(CC2N3CCC(CC3)C3N(c4nccc(COc5ccc(C(C)(C)c6cc(Cl)c(OCCCl)c(C#N)c6)cc5)n4)CC34CCN2CC4)CC1. The molecule has 8 aliphatic rings. The van der Waals surface area contributed by atoms with Crippen LogP contribution >= 0.6 is 23.2 Å². The molecule has 8 aliphatic heterocycles. The maximum Gasteiger partial charge on any atom is 0.410 e. The Morgan fingerprint density at radius 2 is 1.62 bits per heavy atom. The van der Waals surface area contributed by atoms with Gasteiger partial charge in [-0.25, -0.2) is 14.8 Å². The Kier molecular flexibility index (Phi) is 12.5. The molecule has 9 heterocycles. The second kappa shape index (κ2) is 17.5. The fourth-order valence-corrected chi connectivity index (χ4v) is 11.0. The lowest BCUT2D eigenvalue weighted by molar-refractivity contribution is -0.0892. The monoisotopic (exact) mass is 857 g/mol. The van der Waals surface area contributed by atoms with Gasteiger partial charge in [0.05, 0.1) is 28.3 Å². The minimum atomic E-state index is -0.459. The van der Waals surface area contributed by atoms with Crippen molar-refractivity contribution in [1.82, 2.24) is 24.7 Å². The van der Waals surface area contributed by atoms with Crippen LogP contribution in [0.4, 0.5) is 10.7 Å². The van der Waals surface area contributed by atoms with Crippen LogP contribution in [0.3, 0.4) is 0 Å². The van der Waals surface area contributed by atoms with Crippen molar-refractivity contribution in [3.63, 3.8) is 0 Å². The number of amides is 1. The summed E-state index contributed by atoms with van der Waals surface area (Å²) < 4.78 is 17.6. The highest BCUT2D eigenvalue weighted by Crippen LogP contribution is 2.53. The molecule has 0 aliphatic carbocycles. The zero-order chi connectivity index (χ0) is 42.2. The summed E-state index contributed by atoms with van der Waals surface area (Å²) in [6.45, 7) is 17.8. The maximum atomic E-state index is 12.7. The van der Waals surface area contributed by atoms with Gasteiger partial charge >= 0.3 is 6.09 Å². The van der Waals surface area contributed by atoms with Gasteiger partial charge in [0, 0.05) is 55.8 Å². The average Bonchev–Trinajstić information content (AvgIpc) is 3.23. The van der Waals surface area contributed by atoms with Crippen LogP contribution in [-0.2, 0) is 16.8 Å². The number of anilines is 1. The third kappa shape index (κ3) is 8.90. The summed E-state index contributed by atoms with van der Waals surface area (Å²) in [5.41, 5.74) is 2.66. The largest absolute Gasteiger partial charge is 0.489 e. The Labute approximate surface area is 366 Å². The number of halogens is 2. The highest BCUT2D eigenvalue weighted by molar-refractivity contribution is 6.32. The van der Waals surface area contributed by atoms with Gasteiger partial charge in [-0.1, -0.05) is 37.6 Å². The number of ether oxygens (including phenoxy) is 3. The molecule has 2 aromatic carbocycles. The van der Waals surface area contributed by atoms with E-state index in [2.05, 4.69) is 46.7 Å². The number of benzene rings is 2. The van der Waals surface area contributed by atoms with E-state index >= 15 is 0 Å². The second-order valence-electron chi connectivity index (χ2n) is 19.2. The predicted molar refractivity (Wildman–Crippen MR) is 235 cm³/mol. The topological polar surface area (TPSA) is 107 Å². The summed E-state index contributed by atoms with van der Waals surface area (Å²) in [6, 6.07) is 16.5. The minimum Gasteiger partial charge on any atom is -0.489 e. The fraction of sp³-hybridized carbons (Fsp3) is 0.617. The molecule has 2 atom stereocenters. The third-order valence-electron chi connectivity index (χ3n) is 14.0. The molecule has 0 saturated carbocycles. The number of alkyl halides is 1. The summed E-state index contributed by atoms with van der Waals surface area (Å²) in [6.07, 6.45) is 10.4. The fourth-order valence-electron chi connectivity index (χ4n) is 10.7. The van der Waals surface area contributed by atoms with Gasteiger partial charge in [0.1, 0.15) is 30.6 Å². The van der Waals surface area contributed by atoms with E-state index in [9.17, 15) is 10.1 Å². The maximum absolute atomic E-state index is 12.7. The molecule has 4 bridgehead atoms. The lowest BCUT2D eigenvalue weighted by atomic mass is 9.59. The molecule has 0 radical (unpaired) electrons. The minimum absolute atomic E-state index is 0.168. The van der Waals surface area contributed by atoms with E-state index in [1.807, 2.05) is 62.2 Å². The number of hydrogen-bond donors (Lipinski definition) is 0. The van der Waals surface area contributed by atoms with Crippen molar-refractivity contribution < 1.29 is 19.0 Å². The molecule has 3 aromatic rings. The van der Waals surface area contributed by atoms with Crippen LogP contribution in [0.2, 0.25) is 5.02 Å². The van der Waals surface area contributed by atoms with Crippen molar-refractivity contribution in [2.24, 2.45) is 17.3 Å². The Hall–Kier alpha value is -3.82. The Balaban J connectivity index is 0.879. The van der Waals surface area contributed by atoms with Crippen LogP contribution in [0.15, 0.2) is 48.7 Å². The first-order chi connectivity index (χ1) is 28.8. The van der Waals surface area contributed by atoms with Crippen LogP contribution in [0.1, 0.15) is 102 Å². The summed E-state index contributed by atoms with van der Waals surface area (Å²) >= 11 is 12.4. The van der Waals surface area contributed by atoms with Gasteiger partial charge in [0.15, 0.2) is 5.75 Å². The first-order valence-electron chi connectivity index (χ1n) is 22.0. The first-order valence-corrected chi connectivity index (χ1v) is 22.9. The van der Waals surface area contributed by atoms with Crippen molar-refractivity contribution in [1.29, 1.82) is 5.26 Å². The van der Waals surface area contributed by atoms with Crippen LogP contribution in [0.25, 0.3) is 0 Å². The average molecular weight is 859 g/mol. The van der Waals surface area contributed by atoms with E-state index in [-0.39, 0.29) is 12.7 Å². The smallest absolute Gasteiger partial charge is 0.410 e. The highest BCUT2D eigenvalue weighted by Gasteiger charge is 2.58. The van der Waals surface area contributed by atoms with E-state index in [1.54, 1.807) is 0 Å². The Bertz CT molecular complexity index is 2030. The molecule has 11 nitrogen and oxygen atoms in total. The number of hydrogen-bond acceptors (Lipinski definition) is 10. The Morgan fingerprint density at radius 3 is 2.28 bits per heavy atom. The van der Waals surface area contributed by atoms with Gasteiger partial charge < -0.3 is 24.0 Å². The molecule has 0 N–H and O–H groups in total. The highest BCUT2D eigenvalue weighted by atomic mass is 35.5. The van der Waals surface area contributed by atoms with E-state index in [0.717, 1.165) is 87.2 Å². The number of likely N-dealkylation sites (tertiary alicyclic amines) is 1. The number of aromatic nitrogens is 2. The molecule has 2 unspecified atom stereocenters. The third-order valence-corrected chi connectivity index (χ3v) is 14.5. The van der Waals surface area contributed by atoms with Gasteiger partial charge in [-0.3, -0.25) is 9.80 Å². The molecule has 60 heavy (non-hydrogen) atoms. The number of piperidine rings is 3. The van der Waals surface area contributed by atoms with Crippen molar-refractivity contribution in [2.75, 3.05) is 63.2 Å². The molecular formula is C47H61Cl2N7O4. The van der Waals surface area contributed by atoms with Crippen molar-refractivity contribution >= 4 is 35.2 Å². The summed E-state index contributed by atoms with van der Waals surface area (Å²) in [7, 11) is 0. The molecule has 1 amide bonds. The molecule has 1 aromatic heterocycles. The predicted octanol–water partition coefficient (Wildman–Crippen LogP) is 8.88. The summed E-state index contributed by atoms with van der Waals surface area (Å²) in [5, 5.41) is 10.2.